The van der Waals surface area contributed by atoms with Crippen molar-refractivity contribution < 1.29 is 24.5 Å². The van der Waals surface area contributed by atoms with Gasteiger partial charge in [0.2, 0.25) is 5.91 Å². The first-order chi connectivity index (χ1) is 38.0. The van der Waals surface area contributed by atoms with Crippen LogP contribution in [0, 0.1) is 0 Å². The van der Waals surface area contributed by atoms with Crippen molar-refractivity contribution in [2.45, 2.75) is 418 Å². The highest BCUT2D eigenvalue weighted by atomic mass is 16.5. The molecule has 0 aromatic heterocycles. The van der Waals surface area contributed by atoms with E-state index < -0.39 is 12.1 Å². The van der Waals surface area contributed by atoms with Crippen LogP contribution >= 0.6 is 0 Å². The lowest BCUT2D eigenvalue weighted by Gasteiger charge is -2.22. The van der Waals surface area contributed by atoms with E-state index in [2.05, 4.69) is 31.3 Å². The average molecular weight is 1090 g/mol. The Labute approximate surface area is 482 Å². The monoisotopic (exact) mass is 1090 g/mol. The van der Waals surface area contributed by atoms with Gasteiger partial charge in [0, 0.05) is 12.8 Å². The number of esters is 1. The van der Waals surface area contributed by atoms with Gasteiger partial charge >= 0.3 is 5.97 Å². The molecule has 2 atom stereocenters. The van der Waals surface area contributed by atoms with Crippen molar-refractivity contribution in [2.75, 3.05) is 13.2 Å². The minimum Gasteiger partial charge on any atom is -0.466 e. The van der Waals surface area contributed by atoms with Crippen LogP contribution < -0.4 is 5.32 Å². The molecule has 0 aliphatic heterocycles. The number of aliphatic hydroxyl groups is 2. The van der Waals surface area contributed by atoms with Gasteiger partial charge in [0.05, 0.1) is 25.4 Å². The zero-order chi connectivity index (χ0) is 55.7. The highest BCUT2D eigenvalue weighted by Gasteiger charge is 2.20. The Morgan fingerprint density at radius 3 is 0.935 bits per heavy atom. The summed E-state index contributed by atoms with van der Waals surface area (Å²) in [6.45, 7) is 4.98. The van der Waals surface area contributed by atoms with Crippen molar-refractivity contribution >= 4 is 11.9 Å². The molecule has 6 heteroatoms. The molecule has 2 unspecified atom stereocenters. The van der Waals surface area contributed by atoms with Crippen molar-refractivity contribution in [1.82, 2.24) is 5.32 Å². The average Bonchev–Trinajstić information content (AvgIpc) is 3.43. The number of rotatable bonds is 67. The van der Waals surface area contributed by atoms with E-state index in [1.54, 1.807) is 0 Å². The summed E-state index contributed by atoms with van der Waals surface area (Å²) in [5, 5.41) is 23.4. The van der Waals surface area contributed by atoms with E-state index >= 15 is 0 Å². The standard InChI is InChI=1S/C71H139NO5/c1-3-5-7-9-11-13-15-17-18-33-36-40-43-47-51-55-59-63-69(74)68(67-73)72-70(75)64-60-56-52-48-44-41-37-34-31-29-27-25-23-21-19-20-22-24-26-28-30-32-35-38-42-46-50-54-58-62-66-77-71(76)65-61-57-53-49-45-39-16-14-12-10-8-6-4-2/h14,16,68-69,73-74H,3-13,15,17-67H2,1-2H3,(H,72,75)/b16-14-. The molecule has 0 aromatic rings. The molecule has 0 spiro atoms. The zero-order valence-electron chi connectivity index (χ0n) is 52.5. The Balaban J connectivity index is 3.33. The summed E-state index contributed by atoms with van der Waals surface area (Å²) in [5.74, 6) is -0.0154. The van der Waals surface area contributed by atoms with Gasteiger partial charge in [-0.3, -0.25) is 9.59 Å². The van der Waals surface area contributed by atoms with Crippen LogP contribution in [0.2, 0.25) is 0 Å². The number of aliphatic hydroxyl groups excluding tert-OH is 2. The summed E-state index contributed by atoms with van der Waals surface area (Å²) in [6, 6.07) is -0.538. The fourth-order valence-electron chi connectivity index (χ4n) is 11.4. The maximum atomic E-state index is 12.5. The van der Waals surface area contributed by atoms with Crippen LogP contribution in [0.4, 0.5) is 0 Å². The minimum absolute atomic E-state index is 0.0117. The molecule has 0 heterocycles. The first-order valence-electron chi connectivity index (χ1n) is 35.4. The van der Waals surface area contributed by atoms with Crippen molar-refractivity contribution in [1.29, 1.82) is 0 Å². The van der Waals surface area contributed by atoms with Crippen molar-refractivity contribution in [2.24, 2.45) is 0 Å². The van der Waals surface area contributed by atoms with Gasteiger partial charge in [-0.2, -0.15) is 0 Å². The molecule has 0 saturated carbocycles. The van der Waals surface area contributed by atoms with Gasteiger partial charge in [-0.25, -0.2) is 0 Å². The number of allylic oxidation sites excluding steroid dienone is 2. The van der Waals surface area contributed by atoms with Crippen LogP contribution in [-0.2, 0) is 14.3 Å². The Morgan fingerprint density at radius 1 is 0.351 bits per heavy atom. The second kappa shape index (κ2) is 67.1. The van der Waals surface area contributed by atoms with E-state index in [0.29, 0.717) is 25.9 Å². The van der Waals surface area contributed by atoms with Crippen LogP contribution in [0.25, 0.3) is 0 Å². The molecule has 0 aliphatic carbocycles. The summed E-state index contributed by atoms with van der Waals surface area (Å²) in [7, 11) is 0. The summed E-state index contributed by atoms with van der Waals surface area (Å²) < 4.78 is 5.48. The number of unbranched alkanes of at least 4 members (excludes halogenated alkanes) is 54. The highest BCUT2D eigenvalue weighted by molar-refractivity contribution is 5.76. The van der Waals surface area contributed by atoms with Crippen molar-refractivity contribution in [3.8, 4) is 0 Å². The molecule has 3 N–H and O–H groups in total. The Bertz CT molecular complexity index is 1160. The molecule has 6 nitrogen and oxygen atoms in total. The summed E-state index contributed by atoms with van der Waals surface area (Å²) in [5.41, 5.74) is 0. The normalized spacial score (nSPS) is 12.5. The largest absolute Gasteiger partial charge is 0.466 e. The van der Waals surface area contributed by atoms with E-state index in [4.69, 9.17) is 4.74 Å². The fraction of sp³-hybridized carbons (Fsp3) is 0.944. The van der Waals surface area contributed by atoms with Crippen LogP contribution in [0.3, 0.4) is 0 Å². The van der Waals surface area contributed by atoms with E-state index in [0.717, 1.165) is 44.9 Å². The topological polar surface area (TPSA) is 95.9 Å². The molecule has 0 fully saturated rings. The third-order valence-corrected chi connectivity index (χ3v) is 16.8. The number of hydrogen-bond donors (Lipinski definition) is 3. The first-order valence-corrected chi connectivity index (χ1v) is 35.4. The van der Waals surface area contributed by atoms with Gasteiger partial charge in [0.25, 0.3) is 0 Å². The summed E-state index contributed by atoms with van der Waals surface area (Å²) in [6.07, 6.45) is 82.7. The first kappa shape index (κ1) is 75.6. The molecular formula is C71H139NO5. The van der Waals surface area contributed by atoms with Gasteiger partial charge in [-0.05, 0) is 51.4 Å². The minimum atomic E-state index is -0.661. The Kier molecular flexibility index (Phi) is 65.9. The van der Waals surface area contributed by atoms with E-state index in [9.17, 15) is 19.8 Å². The fourth-order valence-corrected chi connectivity index (χ4v) is 11.4. The number of hydrogen-bond acceptors (Lipinski definition) is 5. The van der Waals surface area contributed by atoms with E-state index in [1.165, 1.54) is 327 Å². The second-order valence-corrected chi connectivity index (χ2v) is 24.6. The molecule has 0 bridgehead atoms. The second-order valence-electron chi connectivity index (χ2n) is 24.6. The number of ether oxygens (including phenoxy) is 1. The van der Waals surface area contributed by atoms with E-state index in [-0.39, 0.29) is 18.5 Å². The molecule has 0 rings (SSSR count). The van der Waals surface area contributed by atoms with Gasteiger partial charge < -0.3 is 20.3 Å². The Hall–Kier alpha value is -1.40. The number of amides is 1. The maximum Gasteiger partial charge on any atom is 0.305 e. The van der Waals surface area contributed by atoms with Crippen LogP contribution in [-0.4, -0.2) is 47.4 Å². The predicted octanol–water partition coefficient (Wildman–Crippen LogP) is 22.8. The molecule has 77 heavy (non-hydrogen) atoms. The molecule has 0 saturated heterocycles. The smallest absolute Gasteiger partial charge is 0.305 e. The zero-order valence-corrected chi connectivity index (χ0v) is 52.5. The number of carbonyl (C=O) groups is 2. The van der Waals surface area contributed by atoms with Crippen LogP contribution in [0.5, 0.6) is 0 Å². The Morgan fingerprint density at radius 2 is 0.610 bits per heavy atom. The molecule has 0 aromatic carbocycles. The van der Waals surface area contributed by atoms with Crippen LogP contribution in [0.15, 0.2) is 12.2 Å². The van der Waals surface area contributed by atoms with Gasteiger partial charge in [-0.15, -0.1) is 0 Å². The van der Waals surface area contributed by atoms with Crippen molar-refractivity contribution in [3.05, 3.63) is 12.2 Å². The molecule has 0 aliphatic rings. The molecular weight excluding hydrogens is 947 g/mol. The molecule has 0 radical (unpaired) electrons. The number of nitrogens with one attached hydrogen (secondary N) is 1. The summed E-state index contributed by atoms with van der Waals surface area (Å²) >= 11 is 0. The van der Waals surface area contributed by atoms with E-state index in [1.807, 2.05) is 0 Å². The molecule has 458 valence electrons. The number of carbonyl (C=O) groups excluding carboxylic acids is 2. The lowest BCUT2D eigenvalue weighted by molar-refractivity contribution is -0.143. The third-order valence-electron chi connectivity index (χ3n) is 16.8. The highest BCUT2D eigenvalue weighted by Crippen LogP contribution is 2.19. The van der Waals surface area contributed by atoms with Crippen molar-refractivity contribution in [3.63, 3.8) is 0 Å². The lowest BCUT2D eigenvalue weighted by Crippen LogP contribution is -2.45. The van der Waals surface area contributed by atoms with Crippen LogP contribution in [0.1, 0.15) is 406 Å². The maximum absolute atomic E-state index is 12.5. The summed E-state index contributed by atoms with van der Waals surface area (Å²) in [4.78, 5) is 24.6. The SMILES string of the molecule is CCCCCC/C=C\CCCCCCCC(=O)OCCCCCCCCCCCCCCCCCCCCCCCCCCCCCCCCC(=O)NC(CO)C(O)CCCCCCCCCCCCCCCCCCC. The predicted molar refractivity (Wildman–Crippen MR) is 338 cm³/mol. The van der Waals surface area contributed by atoms with Gasteiger partial charge in [-0.1, -0.05) is 353 Å². The third kappa shape index (κ3) is 63.6. The molecule has 1 amide bonds. The lowest BCUT2D eigenvalue weighted by atomic mass is 10.0. The van der Waals surface area contributed by atoms with Gasteiger partial charge in [0.15, 0.2) is 0 Å². The quantitative estimate of drug-likeness (QED) is 0.0320. The van der Waals surface area contributed by atoms with Gasteiger partial charge in [0.1, 0.15) is 0 Å².